The largest absolute Gasteiger partial charge is 0.384 e. The smallest absolute Gasteiger partial charge is 0.331 e. The highest BCUT2D eigenvalue weighted by molar-refractivity contribution is 5.98. The van der Waals surface area contributed by atoms with Crippen LogP contribution in [-0.2, 0) is 4.79 Å². The Morgan fingerprint density at radius 3 is 2.94 bits per heavy atom. The normalized spacial score (nSPS) is 10.0. The molecular weight excluding hydrogens is 208 g/mol. The number of benzene rings is 1. The number of carbonyl (C=O) groups excluding carboxylic acids is 1. The number of fused-ring (bicyclic) bond motifs is 1. The minimum Gasteiger partial charge on any atom is -0.384 e. The first-order valence-electron chi connectivity index (χ1n) is 4.43. The van der Waals surface area contributed by atoms with Crippen molar-refractivity contribution in [2.45, 2.75) is 0 Å². The summed E-state index contributed by atoms with van der Waals surface area (Å²) in [6.07, 6.45) is 1.01. The lowest BCUT2D eigenvalue weighted by molar-refractivity contribution is 0.569. The predicted octanol–water partition coefficient (Wildman–Crippen LogP) is -0.0840. The summed E-state index contributed by atoms with van der Waals surface area (Å²) in [5, 5.41) is 7.26. The Hall–Kier alpha value is -2.59. The number of nitrogens with two attached hydrogens (primary N) is 1. The second-order valence-electron chi connectivity index (χ2n) is 3.19. The number of nitrogens with zero attached hydrogens (tertiary/aromatic N) is 1. The van der Waals surface area contributed by atoms with E-state index in [2.05, 4.69) is 4.98 Å². The molecule has 0 aliphatic heterocycles. The summed E-state index contributed by atoms with van der Waals surface area (Å²) in [5.74, 6) is 1.46. The van der Waals surface area contributed by atoms with Gasteiger partial charge in [0, 0.05) is 5.56 Å². The van der Waals surface area contributed by atoms with Crippen LogP contribution in [0.2, 0.25) is 0 Å². The Kier molecular flexibility index (Phi) is 2.19. The van der Waals surface area contributed by atoms with Crippen LogP contribution in [0.5, 0.6) is 0 Å². The molecule has 6 heteroatoms. The number of nitrogens with one attached hydrogen (secondary N) is 2. The van der Waals surface area contributed by atoms with Gasteiger partial charge in [-0.05, 0) is 18.2 Å². The molecule has 0 atom stereocenters. The predicted molar refractivity (Wildman–Crippen MR) is 60.0 cm³/mol. The van der Waals surface area contributed by atoms with Crippen molar-refractivity contribution in [3.05, 3.63) is 34.2 Å². The van der Waals surface area contributed by atoms with Gasteiger partial charge in [0.1, 0.15) is 11.8 Å². The average molecular weight is 216 g/mol. The fourth-order valence-electron chi connectivity index (χ4n) is 1.48. The van der Waals surface area contributed by atoms with E-state index in [0.29, 0.717) is 16.6 Å². The number of aromatic amines is 1. The zero-order valence-corrected chi connectivity index (χ0v) is 8.15. The number of rotatable bonds is 2. The first-order valence-corrected chi connectivity index (χ1v) is 4.43. The van der Waals surface area contributed by atoms with Gasteiger partial charge in [-0.25, -0.2) is 9.59 Å². The van der Waals surface area contributed by atoms with Crippen molar-refractivity contribution >= 4 is 29.0 Å². The first-order chi connectivity index (χ1) is 7.63. The molecule has 0 aliphatic carbocycles. The Morgan fingerprint density at radius 2 is 2.31 bits per heavy atom. The summed E-state index contributed by atoms with van der Waals surface area (Å²) < 4.78 is 1.15. The van der Waals surface area contributed by atoms with Crippen molar-refractivity contribution in [3.63, 3.8) is 0 Å². The van der Waals surface area contributed by atoms with Gasteiger partial charge in [-0.3, -0.25) is 9.98 Å². The highest BCUT2D eigenvalue weighted by Gasteiger charge is 2.06. The van der Waals surface area contributed by atoms with E-state index in [9.17, 15) is 9.59 Å². The number of H-pyrrole nitrogens is 1. The standard InChI is InChI=1S/C10H8N4O2/c11-9(12)6-1-2-8-7(5-6)13-10(16)14(8)3-4-15/h1-3,5H,(H3,11,12)(H,13,16). The molecule has 0 bridgehead atoms. The number of imidazole rings is 1. The quantitative estimate of drug-likeness (QED) is 0.371. The maximum Gasteiger partial charge on any atom is 0.331 e. The van der Waals surface area contributed by atoms with Gasteiger partial charge in [0.25, 0.3) is 0 Å². The van der Waals surface area contributed by atoms with Gasteiger partial charge in [0.15, 0.2) is 0 Å². The van der Waals surface area contributed by atoms with Crippen LogP contribution in [0.15, 0.2) is 23.0 Å². The number of amidine groups is 1. The van der Waals surface area contributed by atoms with Gasteiger partial charge in [-0.15, -0.1) is 0 Å². The molecule has 2 rings (SSSR count). The van der Waals surface area contributed by atoms with Crippen LogP contribution in [0.3, 0.4) is 0 Å². The van der Waals surface area contributed by atoms with Crippen molar-refractivity contribution in [2.75, 3.05) is 0 Å². The topological polar surface area (TPSA) is 105 Å². The van der Waals surface area contributed by atoms with Gasteiger partial charge < -0.3 is 10.7 Å². The Labute approximate surface area is 89.5 Å². The van der Waals surface area contributed by atoms with Gasteiger partial charge in [-0.2, -0.15) is 0 Å². The minimum atomic E-state index is -0.431. The van der Waals surface area contributed by atoms with Crippen molar-refractivity contribution < 1.29 is 4.79 Å². The number of aromatic nitrogens is 2. The van der Waals surface area contributed by atoms with Gasteiger partial charge in [-0.1, -0.05) is 0 Å². The third kappa shape index (κ3) is 1.43. The minimum absolute atomic E-state index is 0.0820. The first kappa shape index (κ1) is 9.95. The number of hydrogen-bond donors (Lipinski definition) is 3. The van der Waals surface area contributed by atoms with E-state index >= 15 is 0 Å². The number of hydrogen-bond acceptors (Lipinski definition) is 3. The van der Waals surface area contributed by atoms with Crippen LogP contribution in [0.4, 0.5) is 0 Å². The molecule has 1 aromatic heterocycles. The second kappa shape index (κ2) is 3.52. The Bertz CT molecular complexity index is 674. The molecule has 0 radical (unpaired) electrons. The molecule has 16 heavy (non-hydrogen) atoms. The molecule has 0 saturated carbocycles. The average Bonchev–Trinajstić information content (AvgIpc) is 2.55. The van der Waals surface area contributed by atoms with Crippen LogP contribution in [-0.4, -0.2) is 21.3 Å². The molecular formula is C10H8N4O2. The van der Waals surface area contributed by atoms with Crippen molar-refractivity contribution in [1.82, 2.24) is 9.55 Å². The lowest BCUT2D eigenvalue weighted by Crippen LogP contribution is -2.11. The molecule has 0 fully saturated rings. The summed E-state index contributed by atoms with van der Waals surface area (Å²) in [5.41, 5.74) is 6.46. The van der Waals surface area contributed by atoms with Gasteiger partial charge in [0.05, 0.1) is 17.2 Å². The van der Waals surface area contributed by atoms with Crippen LogP contribution in [0.25, 0.3) is 17.2 Å². The zero-order chi connectivity index (χ0) is 11.7. The molecule has 0 saturated heterocycles. The van der Waals surface area contributed by atoms with E-state index in [1.165, 1.54) is 0 Å². The maximum absolute atomic E-state index is 11.4. The lowest BCUT2D eigenvalue weighted by Gasteiger charge is -1.98. The molecule has 0 amide bonds. The Morgan fingerprint density at radius 1 is 1.56 bits per heavy atom. The second-order valence-corrected chi connectivity index (χ2v) is 3.19. The molecule has 0 spiro atoms. The van der Waals surface area contributed by atoms with Crippen LogP contribution >= 0.6 is 0 Å². The summed E-state index contributed by atoms with van der Waals surface area (Å²) in [4.78, 5) is 24.2. The third-order valence-electron chi connectivity index (χ3n) is 2.21. The lowest BCUT2D eigenvalue weighted by atomic mass is 10.2. The van der Waals surface area contributed by atoms with E-state index < -0.39 is 5.69 Å². The van der Waals surface area contributed by atoms with E-state index in [4.69, 9.17) is 11.1 Å². The molecule has 4 N–H and O–H groups in total. The molecule has 2 aromatic rings. The molecule has 0 aliphatic rings. The number of nitrogen functional groups attached to an aromatic ring is 1. The van der Waals surface area contributed by atoms with E-state index in [-0.39, 0.29) is 5.84 Å². The summed E-state index contributed by atoms with van der Waals surface area (Å²) >= 11 is 0. The highest BCUT2D eigenvalue weighted by atomic mass is 16.1. The summed E-state index contributed by atoms with van der Waals surface area (Å²) in [6.45, 7) is 0. The van der Waals surface area contributed by atoms with Crippen molar-refractivity contribution in [3.8, 4) is 0 Å². The molecule has 6 nitrogen and oxygen atoms in total. The summed E-state index contributed by atoms with van der Waals surface area (Å²) in [7, 11) is 0. The summed E-state index contributed by atoms with van der Waals surface area (Å²) in [6, 6.07) is 4.79. The van der Waals surface area contributed by atoms with E-state index in [1.807, 2.05) is 0 Å². The Balaban J connectivity index is 2.79. The van der Waals surface area contributed by atoms with Crippen molar-refractivity contribution in [2.24, 2.45) is 5.73 Å². The monoisotopic (exact) mass is 216 g/mol. The van der Waals surface area contributed by atoms with E-state index in [1.54, 1.807) is 24.1 Å². The third-order valence-corrected chi connectivity index (χ3v) is 2.21. The van der Waals surface area contributed by atoms with Gasteiger partial charge >= 0.3 is 5.69 Å². The maximum atomic E-state index is 11.4. The van der Waals surface area contributed by atoms with Crippen LogP contribution in [0.1, 0.15) is 5.56 Å². The zero-order valence-electron chi connectivity index (χ0n) is 8.15. The molecule has 0 unspecified atom stereocenters. The van der Waals surface area contributed by atoms with Crippen LogP contribution in [0, 0.1) is 5.41 Å². The van der Waals surface area contributed by atoms with E-state index in [0.717, 1.165) is 10.8 Å². The molecule has 1 heterocycles. The van der Waals surface area contributed by atoms with Crippen molar-refractivity contribution in [1.29, 1.82) is 5.41 Å². The molecule has 80 valence electrons. The fourth-order valence-corrected chi connectivity index (χ4v) is 1.48. The van der Waals surface area contributed by atoms with Gasteiger partial charge in [0.2, 0.25) is 0 Å². The SMILES string of the molecule is N=C(N)c1ccc2c(c1)[nH]c(=O)n2C=C=O. The highest BCUT2D eigenvalue weighted by Crippen LogP contribution is 2.12. The van der Waals surface area contributed by atoms with Crippen LogP contribution < -0.4 is 11.4 Å². The molecule has 1 aromatic carbocycles. The fraction of sp³-hybridized carbons (Fsp3) is 0.